The minimum Gasteiger partial charge on any atom is -0.478 e. The summed E-state index contributed by atoms with van der Waals surface area (Å²) in [7, 11) is 0. The second-order valence-corrected chi connectivity index (χ2v) is 5.55. The van der Waals surface area contributed by atoms with Crippen LogP contribution in [0.4, 0.5) is 13.2 Å². The number of rotatable bonds is 7. The van der Waals surface area contributed by atoms with E-state index in [1.54, 1.807) is 17.0 Å². The molecule has 0 radical (unpaired) electrons. The highest BCUT2D eigenvalue weighted by Gasteiger charge is 2.30. The fourth-order valence-corrected chi connectivity index (χ4v) is 2.20. The van der Waals surface area contributed by atoms with E-state index in [1.165, 1.54) is 12.1 Å². The number of aromatic carboxylic acids is 1. The Bertz CT molecular complexity index is 481. The van der Waals surface area contributed by atoms with Crippen molar-refractivity contribution in [1.29, 1.82) is 0 Å². The van der Waals surface area contributed by atoms with Crippen LogP contribution in [0.25, 0.3) is 0 Å². The van der Waals surface area contributed by atoms with E-state index in [0.717, 1.165) is 18.4 Å². The SMILES string of the molecule is O=C(O)c1ccc(CN(CCC(F)(F)F)CC2CC2)cc1. The molecule has 0 bridgehead atoms. The monoisotopic (exact) mass is 301 g/mol. The highest BCUT2D eigenvalue weighted by Crippen LogP contribution is 2.31. The van der Waals surface area contributed by atoms with E-state index in [1.807, 2.05) is 0 Å². The summed E-state index contributed by atoms with van der Waals surface area (Å²) in [4.78, 5) is 12.6. The van der Waals surface area contributed by atoms with Crippen molar-refractivity contribution in [3.8, 4) is 0 Å². The van der Waals surface area contributed by atoms with Gasteiger partial charge in [-0.05, 0) is 36.5 Å². The van der Waals surface area contributed by atoms with Crippen LogP contribution in [0.15, 0.2) is 24.3 Å². The molecular weight excluding hydrogens is 283 g/mol. The maximum absolute atomic E-state index is 12.4. The quantitative estimate of drug-likeness (QED) is 0.837. The van der Waals surface area contributed by atoms with Crippen LogP contribution in [0.1, 0.15) is 35.2 Å². The number of carboxylic acid groups (broad SMARTS) is 1. The van der Waals surface area contributed by atoms with Crippen molar-refractivity contribution in [3.05, 3.63) is 35.4 Å². The van der Waals surface area contributed by atoms with Crippen molar-refractivity contribution in [3.63, 3.8) is 0 Å². The van der Waals surface area contributed by atoms with Gasteiger partial charge in [0.1, 0.15) is 0 Å². The van der Waals surface area contributed by atoms with Gasteiger partial charge in [-0.25, -0.2) is 4.79 Å². The molecule has 0 amide bonds. The normalized spacial score (nSPS) is 15.4. The molecule has 1 aliphatic carbocycles. The lowest BCUT2D eigenvalue weighted by Gasteiger charge is -2.23. The van der Waals surface area contributed by atoms with Gasteiger partial charge in [-0.2, -0.15) is 13.2 Å². The Morgan fingerprint density at radius 2 is 1.86 bits per heavy atom. The predicted octanol–water partition coefficient (Wildman–Crippen LogP) is 3.55. The molecule has 2 rings (SSSR count). The van der Waals surface area contributed by atoms with E-state index in [0.29, 0.717) is 19.0 Å². The van der Waals surface area contributed by atoms with Gasteiger partial charge < -0.3 is 5.11 Å². The zero-order chi connectivity index (χ0) is 15.5. The second-order valence-electron chi connectivity index (χ2n) is 5.55. The molecule has 3 nitrogen and oxygen atoms in total. The molecule has 0 aromatic heterocycles. The van der Waals surface area contributed by atoms with Crippen molar-refractivity contribution in [1.82, 2.24) is 4.90 Å². The zero-order valence-corrected chi connectivity index (χ0v) is 11.6. The van der Waals surface area contributed by atoms with Gasteiger partial charge in [0.25, 0.3) is 0 Å². The van der Waals surface area contributed by atoms with Crippen LogP contribution in [-0.2, 0) is 6.54 Å². The largest absolute Gasteiger partial charge is 0.478 e. The highest BCUT2D eigenvalue weighted by atomic mass is 19.4. The molecular formula is C15H18F3NO2. The van der Waals surface area contributed by atoms with Crippen molar-refractivity contribution in [2.45, 2.75) is 32.0 Å². The van der Waals surface area contributed by atoms with Crippen molar-refractivity contribution < 1.29 is 23.1 Å². The molecule has 116 valence electrons. The molecule has 1 saturated carbocycles. The molecule has 21 heavy (non-hydrogen) atoms. The van der Waals surface area contributed by atoms with Gasteiger partial charge in [-0.1, -0.05) is 12.1 Å². The number of carboxylic acids is 1. The lowest BCUT2D eigenvalue weighted by Crippen LogP contribution is -2.29. The van der Waals surface area contributed by atoms with Gasteiger partial charge in [-0.3, -0.25) is 4.90 Å². The number of carbonyl (C=O) groups is 1. The number of hydrogen-bond donors (Lipinski definition) is 1. The van der Waals surface area contributed by atoms with E-state index >= 15 is 0 Å². The molecule has 1 N–H and O–H groups in total. The molecule has 1 aliphatic rings. The molecule has 0 heterocycles. The Morgan fingerprint density at radius 3 is 2.33 bits per heavy atom. The number of halogens is 3. The van der Waals surface area contributed by atoms with E-state index in [-0.39, 0.29) is 12.1 Å². The van der Waals surface area contributed by atoms with Crippen LogP contribution in [0, 0.1) is 5.92 Å². The summed E-state index contributed by atoms with van der Waals surface area (Å²) in [5.41, 5.74) is 1.02. The molecule has 1 aromatic carbocycles. The van der Waals surface area contributed by atoms with E-state index in [4.69, 9.17) is 5.11 Å². The lowest BCUT2D eigenvalue weighted by molar-refractivity contribution is -0.138. The summed E-state index contributed by atoms with van der Waals surface area (Å²) >= 11 is 0. The predicted molar refractivity (Wildman–Crippen MR) is 72.1 cm³/mol. The summed E-state index contributed by atoms with van der Waals surface area (Å²) in [6, 6.07) is 6.29. The summed E-state index contributed by atoms with van der Waals surface area (Å²) in [5, 5.41) is 8.82. The molecule has 0 atom stereocenters. The molecule has 0 saturated heterocycles. The summed E-state index contributed by atoms with van der Waals surface area (Å²) in [6.45, 7) is 1.09. The Labute approximate surface area is 121 Å². The Morgan fingerprint density at radius 1 is 1.24 bits per heavy atom. The molecule has 1 aromatic rings. The molecule has 0 unspecified atom stereocenters. The van der Waals surface area contributed by atoms with E-state index < -0.39 is 18.6 Å². The van der Waals surface area contributed by atoms with Crippen LogP contribution in [-0.4, -0.2) is 35.2 Å². The molecule has 6 heteroatoms. The zero-order valence-electron chi connectivity index (χ0n) is 11.6. The summed E-state index contributed by atoms with van der Waals surface area (Å²) in [6.07, 6.45) is -2.79. The third kappa shape index (κ3) is 5.75. The van der Waals surface area contributed by atoms with Gasteiger partial charge in [0.05, 0.1) is 12.0 Å². The molecule has 0 spiro atoms. The van der Waals surface area contributed by atoms with Crippen molar-refractivity contribution in [2.24, 2.45) is 5.92 Å². The molecule has 1 fully saturated rings. The van der Waals surface area contributed by atoms with Gasteiger partial charge in [0.2, 0.25) is 0 Å². The van der Waals surface area contributed by atoms with E-state index in [9.17, 15) is 18.0 Å². The van der Waals surface area contributed by atoms with Gasteiger partial charge in [0, 0.05) is 19.6 Å². The lowest BCUT2D eigenvalue weighted by atomic mass is 10.1. The fourth-order valence-electron chi connectivity index (χ4n) is 2.20. The number of hydrogen-bond acceptors (Lipinski definition) is 2. The van der Waals surface area contributed by atoms with Gasteiger partial charge >= 0.3 is 12.1 Å². The van der Waals surface area contributed by atoms with Crippen LogP contribution in [0.3, 0.4) is 0 Å². The van der Waals surface area contributed by atoms with Crippen molar-refractivity contribution in [2.75, 3.05) is 13.1 Å². The number of alkyl halides is 3. The highest BCUT2D eigenvalue weighted by molar-refractivity contribution is 5.87. The average molecular weight is 301 g/mol. The summed E-state index contributed by atoms with van der Waals surface area (Å²) < 4.78 is 37.1. The van der Waals surface area contributed by atoms with Crippen LogP contribution in [0.5, 0.6) is 0 Å². The third-order valence-electron chi connectivity index (χ3n) is 3.53. The first kappa shape index (κ1) is 15.8. The number of benzene rings is 1. The van der Waals surface area contributed by atoms with Crippen LogP contribution in [0.2, 0.25) is 0 Å². The van der Waals surface area contributed by atoms with E-state index in [2.05, 4.69) is 0 Å². The van der Waals surface area contributed by atoms with Gasteiger partial charge in [-0.15, -0.1) is 0 Å². The van der Waals surface area contributed by atoms with Gasteiger partial charge in [0.15, 0.2) is 0 Å². The number of nitrogens with zero attached hydrogens (tertiary/aromatic N) is 1. The van der Waals surface area contributed by atoms with Crippen LogP contribution >= 0.6 is 0 Å². The first-order chi connectivity index (χ1) is 9.83. The minimum absolute atomic E-state index is 0.0132. The minimum atomic E-state index is -4.14. The maximum atomic E-state index is 12.4. The smallest absolute Gasteiger partial charge is 0.390 e. The average Bonchev–Trinajstić information content (AvgIpc) is 3.20. The Hall–Kier alpha value is -1.56. The Balaban J connectivity index is 1.94. The molecule has 0 aliphatic heterocycles. The standard InChI is InChI=1S/C15H18F3NO2/c16-15(17,18)7-8-19(9-11-1-2-11)10-12-3-5-13(6-4-12)14(20)21/h3-6,11H,1-2,7-10H2,(H,20,21). The Kier molecular flexibility index (Phi) is 4.88. The van der Waals surface area contributed by atoms with Crippen LogP contribution < -0.4 is 0 Å². The fraction of sp³-hybridized carbons (Fsp3) is 0.533. The first-order valence-corrected chi connectivity index (χ1v) is 6.95. The third-order valence-corrected chi connectivity index (χ3v) is 3.53. The maximum Gasteiger partial charge on any atom is 0.390 e. The topological polar surface area (TPSA) is 40.5 Å². The second kappa shape index (κ2) is 6.47. The van der Waals surface area contributed by atoms with Crippen molar-refractivity contribution >= 4 is 5.97 Å². The first-order valence-electron chi connectivity index (χ1n) is 6.95. The summed E-state index contributed by atoms with van der Waals surface area (Å²) in [5.74, 6) is -0.495.